The second kappa shape index (κ2) is 16.2. The summed E-state index contributed by atoms with van der Waals surface area (Å²) in [5.41, 5.74) is 2.88. The molecule has 0 bridgehead atoms. The minimum Gasteiger partial charge on any atom is -0.352 e. The van der Waals surface area contributed by atoms with Gasteiger partial charge in [0.1, 0.15) is 12.6 Å². The molecule has 0 spiro atoms. The molecule has 0 radical (unpaired) electrons. The third-order valence-corrected chi connectivity index (χ3v) is 10.5. The molecular formula is C36H40ClN3O4S2. The number of thioether (sulfide) groups is 1. The number of anilines is 1. The summed E-state index contributed by atoms with van der Waals surface area (Å²) < 4.78 is 29.5. The molecule has 0 unspecified atom stereocenters. The van der Waals surface area contributed by atoms with E-state index < -0.39 is 28.5 Å². The molecule has 0 aliphatic heterocycles. The number of rotatable bonds is 14. The Kier molecular flexibility index (Phi) is 12.3. The van der Waals surface area contributed by atoms with Crippen LogP contribution in [-0.2, 0) is 32.6 Å². The van der Waals surface area contributed by atoms with Gasteiger partial charge in [0.2, 0.25) is 11.8 Å². The van der Waals surface area contributed by atoms with E-state index in [1.807, 2.05) is 63.4 Å². The van der Waals surface area contributed by atoms with E-state index in [0.717, 1.165) is 20.3 Å². The molecule has 0 aliphatic rings. The van der Waals surface area contributed by atoms with Gasteiger partial charge in [0, 0.05) is 28.9 Å². The second-order valence-electron chi connectivity index (χ2n) is 11.2. The van der Waals surface area contributed by atoms with Crippen molar-refractivity contribution in [3.05, 3.63) is 125 Å². The van der Waals surface area contributed by atoms with Gasteiger partial charge in [0.25, 0.3) is 10.0 Å². The molecule has 2 amide bonds. The summed E-state index contributed by atoms with van der Waals surface area (Å²) >= 11 is 7.83. The van der Waals surface area contributed by atoms with Crippen LogP contribution in [0.3, 0.4) is 0 Å². The van der Waals surface area contributed by atoms with Gasteiger partial charge in [-0.15, -0.1) is 11.8 Å². The lowest BCUT2D eigenvalue weighted by atomic mass is 10.0. The molecular weight excluding hydrogens is 638 g/mol. The van der Waals surface area contributed by atoms with Crippen LogP contribution in [0.5, 0.6) is 0 Å². The Morgan fingerprint density at radius 2 is 1.54 bits per heavy atom. The lowest BCUT2D eigenvalue weighted by Gasteiger charge is -2.34. The first-order valence-electron chi connectivity index (χ1n) is 15.1. The number of hydrogen-bond acceptors (Lipinski definition) is 5. The third-order valence-electron chi connectivity index (χ3n) is 7.76. The van der Waals surface area contributed by atoms with Crippen molar-refractivity contribution in [1.29, 1.82) is 0 Å². The van der Waals surface area contributed by atoms with Gasteiger partial charge in [-0.3, -0.25) is 13.9 Å². The summed E-state index contributed by atoms with van der Waals surface area (Å²) in [7, 11) is -4.17. The van der Waals surface area contributed by atoms with Gasteiger partial charge < -0.3 is 10.2 Å². The van der Waals surface area contributed by atoms with Crippen molar-refractivity contribution in [3.63, 3.8) is 0 Å². The third kappa shape index (κ3) is 9.15. The highest BCUT2D eigenvalue weighted by molar-refractivity contribution is 7.98. The van der Waals surface area contributed by atoms with Crippen molar-refractivity contribution in [2.24, 2.45) is 0 Å². The van der Waals surface area contributed by atoms with Gasteiger partial charge in [-0.2, -0.15) is 0 Å². The van der Waals surface area contributed by atoms with Gasteiger partial charge in [0.15, 0.2) is 0 Å². The average Bonchev–Trinajstić information content (AvgIpc) is 3.06. The molecule has 10 heteroatoms. The van der Waals surface area contributed by atoms with Gasteiger partial charge in [0.05, 0.1) is 10.6 Å². The van der Waals surface area contributed by atoms with Gasteiger partial charge >= 0.3 is 0 Å². The lowest BCUT2D eigenvalue weighted by Crippen LogP contribution is -2.54. The molecule has 46 heavy (non-hydrogen) atoms. The minimum atomic E-state index is -4.17. The maximum absolute atomic E-state index is 14.6. The van der Waals surface area contributed by atoms with Crippen molar-refractivity contribution in [1.82, 2.24) is 10.2 Å². The van der Waals surface area contributed by atoms with Crippen molar-refractivity contribution < 1.29 is 18.0 Å². The van der Waals surface area contributed by atoms with E-state index in [9.17, 15) is 18.0 Å². The van der Waals surface area contributed by atoms with Crippen LogP contribution in [0.2, 0.25) is 5.02 Å². The highest BCUT2D eigenvalue weighted by Gasteiger charge is 2.35. The summed E-state index contributed by atoms with van der Waals surface area (Å²) in [6, 6.07) is 29.1. The first kappa shape index (κ1) is 35.1. The zero-order chi connectivity index (χ0) is 33.3. The Bertz CT molecular complexity index is 1720. The standard InChI is InChI=1S/C36H40ClN3O4S2/c1-5-27(3)38-36(42)34(23-28-10-7-6-8-11-28)39(24-29-12-9-13-30(37)22-29)35(41)25-40(31-16-14-26(2)15-17-31)46(43,44)33-20-18-32(45-4)19-21-33/h6-22,27,34H,5,23-25H2,1-4H3,(H,38,42)/t27-,34+/m1/s1. The molecule has 7 nitrogen and oxygen atoms in total. The molecule has 4 rings (SSSR count). The van der Waals surface area contributed by atoms with Gasteiger partial charge in [-0.25, -0.2) is 8.42 Å². The predicted octanol–water partition coefficient (Wildman–Crippen LogP) is 7.12. The average molecular weight is 678 g/mol. The van der Waals surface area contributed by atoms with Crippen molar-refractivity contribution in [2.75, 3.05) is 17.1 Å². The molecule has 0 aromatic heterocycles. The largest absolute Gasteiger partial charge is 0.352 e. The van der Waals surface area contributed by atoms with Crippen LogP contribution in [0.25, 0.3) is 0 Å². The quantitative estimate of drug-likeness (QED) is 0.144. The monoisotopic (exact) mass is 677 g/mol. The zero-order valence-corrected chi connectivity index (χ0v) is 28.9. The molecule has 1 N–H and O–H groups in total. The van der Waals surface area contributed by atoms with E-state index in [4.69, 9.17) is 11.6 Å². The maximum Gasteiger partial charge on any atom is 0.264 e. The van der Waals surface area contributed by atoms with E-state index in [0.29, 0.717) is 22.7 Å². The normalized spacial score (nSPS) is 12.6. The Balaban J connectivity index is 1.80. The second-order valence-corrected chi connectivity index (χ2v) is 14.4. The number of sulfonamides is 1. The van der Waals surface area contributed by atoms with E-state index in [-0.39, 0.29) is 29.8 Å². The molecule has 0 fully saturated rings. The number of nitrogens with one attached hydrogen (secondary N) is 1. The number of carbonyl (C=O) groups is 2. The van der Waals surface area contributed by atoms with Crippen LogP contribution in [0.1, 0.15) is 37.0 Å². The molecule has 0 saturated heterocycles. The van der Waals surface area contributed by atoms with Crippen LogP contribution >= 0.6 is 23.4 Å². The number of aryl methyl sites for hydroxylation is 1. The summed E-state index contributed by atoms with van der Waals surface area (Å²) in [6.45, 7) is 5.33. The van der Waals surface area contributed by atoms with Crippen molar-refractivity contribution in [3.8, 4) is 0 Å². The first-order chi connectivity index (χ1) is 22.0. The smallest absolute Gasteiger partial charge is 0.264 e. The summed E-state index contributed by atoms with van der Waals surface area (Å²) in [5, 5.41) is 3.54. The molecule has 4 aromatic carbocycles. The fourth-order valence-corrected chi connectivity index (χ4v) is 6.98. The van der Waals surface area contributed by atoms with Crippen molar-refractivity contribution >= 4 is 50.9 Å². The topological polar surface area (TPSA) is 86.8 Å². The van der Waals surface area contributed by atoms with Crippen LogP contribution in [0.4, 0.5) is 5.69 Å². The molecule has 242 valence electrons. The Morgan fingerprint density at radius 1 is 0.891 bits per heavy atom. The van der Waals surface area contributed by atoms with Crippen LogP contribution in [0.15, 0.2) is 113 Å². The van der Waals surface area contributed by atoms with E-state index in [1.165, 1.54) is 16.7 Å². The number of hydrogen-bond donors (Lipinski definition) is 1. The number of halogens is 1. The van der Waals surface area contributed by atoms with Gasteiger partial charge in [-0.05, 0) is 86.2 Å². The summed E-state index contributed by atoms with van der Waals surface area (Å²) in [5.74, 6) is -0.837. The highest BCUT2D eigenvalue weighted by Crippen LogP contribution is 2.27. The van der Waals surface area contributed by atoms with E-state index >= 15 is 0 Å². The van der Waals surface area contributed by atoms with Crippen LogP contribution < -0.4 is 9.62 Å². The Labute approximate surface area is 282 Å². The Morgan fingerprint density at radius 3 is 2.15 bits per heavy atom. The number of amides is 2. The zero-order valence-electron chi connectivity index (χ0n) is 26.5. The molecule has 4 aromatic rings. The van der Waals surface area contributed by atoms with Gasteiger partial charge in [-0.1, -0.05) is 78.7 Å². The maximum atomic E-state index is 14.6. The van der Waals surface area contributed by atoms with E-state index in [2.05, 4.69) is 5.32 Å². The molecule has 0 heterocycles. The molecule has 2 atom stereocenters. The lowest BCUT2D eigenvalue weighted by molar-refractivity contribution is -0.140. The predicted molar refractivity (Wildman–Crippen MR) is 188 cm³/mol. The summed E-state index contributed by atoms with van der Waals surface area (Å²) in [4.78, 5) is 30.9. The highest BCUT2D eigenvalue weighted by atomic mass is 35.5. The number of carbonyl (C=O) groups excluding carboxylic acids is 2. The number of benzene rings is 4. The van der Waals surface area contributed by atoms with Crippen LogP contribution in [-0.4, -0.2) is 50.0 Å². The minimum absolute atomic E-state index is 0.0506. The molecule has 0 aliphatic carbocycles. The van der Waals surface area contributed by atoms with E-state index in [1.54, 1.807) is 66.7 Å². The summed E-state index contributed by atoms with van der Waals surface area (Å²) in [6.07, 6.45) is 2.86. The van der Waals surface area contributed by atoms with Crippen molar-refractivity contribution in [2.45, 2.75) is 62.0 Å². The van der Waals surface area contributed by atoms with Crippen LogP contribution in [0, 0.1) is 6.92 Å². The Hall–Kier alpha value is -3.79. The first-order valence-corrected chi connectivity index (χ1v) is 18.2. The fourth-order valence-electron chi connectivity index (χ4n) is 4.94. The fraction of sp³-hybridized carbons (Fsp3) is 0.278. The molecule has 0 saturated carbocycles. The SMILES string of the molecule is CC[C@@H](C)NC(=O)[C@H](Cc1ccccc1)N(Cc1cccc(Cl)c1)C(=O)CN(c1ccc(C)cc1)S(=O)(=O)c1ccc(SC)cc1. The number of nitrogens with zero attached hydrogens (tertiary/aromatic N) is 2.